The fraction of sp³-hybridized carbons (Fsp3) is 0.222. The fourth-order valence-corrected chi connectivity index (χ4v) is 2.82. The Morgan fingerprint density at radius 3 is 2.80 bits per heavy atom. The molecule has 132 valence electrons. The summed E-state index contributed by atoms with van der Waals surface area (Å²) in [5.41, 5.74) is 11.0. The second kappa shape index (κ2) is 9.39. The summed E-state index contributed by atoms with van der Waals surface area (Å²) in [7, 11) is 0. The van der Waals surface area contributed by atoms with Crippen LogP contribution in [0.4, 0.5) is 0 Å². The van der Waals surface area contributed by atoms with E-state index in [0.29, 0.717) is 24.7 Å². The monoisotopic (exact) mass is 421 g/mol. The molecule has 0 unspecified atom stereocenters. The minimum Gasteiger partial charge on any atom is -0.490 e. The van der Waals surface area contributed by atoms with Crippen LogP contribution >= 0.6 is 28.1 Å². The van der Waals surface area contributed by atoms with E-state index < -0.39 is 0 Å². The standard InChI is InChI=1S/C18H20BrN3O2S/c1-3-23-16-9-14(10-21-22-18(20)25)8-15(19)17(16)24-11-13-6-4-5-12(2)7-13/h4-10H,3,11H2,1-2H3,(H3,20,22,25)/b21-10+. The Morgan fingerprint density at radius 1 is 1.32 bits per heavy atom. The molecule has 25 heavy (non-hydrogen) atoms. The van der Waals surface area contributed by atoms with Gasteiger partial charge in [-0.1, -0.05) is 29.8 Å². The molecule has 0 saturated carbocycles. The molecule has 0 fully saturated rings. The number of rotatable bonds is 7. The van der Waals surface area contributed by atoms with Crippen LogP contribution in [0.1, 0.15) is 23.6 Å². The van der Waals surface area contributed by atoms with E-state index in [1.807, 2.05) is 31.2 Å². The Kier molecular flexibility index (Phi) is 7.21. The minimum atomic E-state index is 0.110. The number of aryl methyl sites for hydroxylation is 1. The average molecular weight is 422 g/mol. The summed E-state index contributed by atoms with van der Waals surface area (Å²) in [6.45, 7) is 4.96. The van der Waals surface area contributed by atoms with Crippen LogP contribution in [-0.4, -0.2) is 17.9 Å². The first-order valence-electron chi connectivity index (χ1n) is 7.72. The van der Waals surface area contributed by atoms with Gasteiger partial charge in [0, 0.05) is 0 Å². The van der Waals surface area contributed by atoms with Crippen LogP contribution in [0.2, 0.25) is 0 Å². The topological polar surface area (TPSA) is 68.9 Å². The Labute approximate surface area is 161 Å². The van der Waals surface area contributed by atoms with Gasteiger partial charge in [-0.3, -0.25) is 5.43 Å². The molecule has 0 aromatic heterocycles. The first-order chi connectivity index (χ1) is 12.0. The van der Waals surface area contributed by atoms with E-state index >= 15 is 0 Å². The normalized spacial score (nSPS) is 10.7. The summed E-state index contributed by atoms with van der Waals surface area (Å²) >= 11 is 8.25. The number of hydrazone groups is 1. The molecule has 0 saturated heterocycles. The largest absolute Gasteiger partial charge is 0.490 e. The highest BCUT2D eigenvalue weighted by atomic mass is 79.9. The maximum Gasteiger partial charge on any atom is 0.184 e. The van der Waals surface area contributed by atoms with Gasteiger partial charge in [0.15, 0.2) is 16.6 Å². The Bertz CT molecular complexity index is 781. The predicted molar refractivity (Wildman–Crippen MR) is 108 cm³/mol. The van der Waals surface area contributed by atoms with Crippen molar-refractivity contribution in [2.45, 2.75) is 20.5 Å². The van der Waals surface area contributed by atoms with Crippen LogP contribution in [-0.2, 0) is 6.61 Å². The third-order valence-corrected chi connectivity index (χ3v) is 3.87. The number of hydrogen-bond donors (Lipinski definition) is 2. The number of benzene rings is 2. The lowest BCUT2D eigenvalue weighted by molar-refractivity contribution is 0.267. The minimum absolute atomic E-state index is 0.110. The number of nitrogens with two attached hydrogens (primary N) is 1. The number of hydrogen-bond acceptors (Lipinski definition) is 4. The summed E-state index contributed by atoms with van der Waals surface area (Å²) in [5.74, 6) is 1.30. The van der Waals surface area contributed by atoms with Gasteiger partial charge in [0.1, 0.15) is 6.61 Å². The maximum atomic E-state index is 5.99. The molecule has 0 heterocycles. The van der Waals surface area contributed by atoms with Gasteiger partial charge in [-0.15, -0.1) is 0 Å². The van der Waals surface area contributed by atoms with E-state index in [1.54, 1.807) is 6.21 Å². The average Bonchev–Trinajstić information content (AvgIpc) is 2.54. The molecule has 2 aromatic rings. The van der Waals surface area contributed by atoms with Crippen LogP contribution in [0, 0.1) is 6.92 Å². The summed E-state index contributed by atoms with van der Waals surface area (Å²) in [5, 5.41) is 4.07. The van der Waals surface area contributed by atoms with Crippen LogP contribution in [0.5, 0.6) is 11.5 Å². The summed E-state index contributed by atoms with van der Waals surface area (Å²) in [4.78, 5) is 0. The predicted octanol–water partition coefficient (Wildman–Crippen LogP) is 3.90. The second-order valence-electron chi connectivity index (χ2n) is 5.27. The summed E-state index contributed by atoms with van der Waals surface area (Å²) in [6.07, 6.45) is 1.61. The van der Waals surface area contributed by atoms with Crippen molar-refractivity contribution >= 4 is 39.5 Å². The number of thiocarbonyl (C=S) groups is 1. The Morgan fingerprint density at radius 2 is 2.12 bits per heavy atom. The third kappa shape index (κ3) is 6.03. The van der Waals surface area contributed by atoms with Crippen LogP contribution < -0.4 is 20.6 Å². The lowest BCUT2D eigenvalue weighted by Gasteiger charge is -2.15. The summed E-state index contributed by atoms with van der Waals surface area (Å²) < 4.78 is 12.5. The zero-order valence-electron chi connectivity index (χ0n) is 14.1. The highest BCUT2D eigenvalue weighted by molar-refractivity contribution is 9.10. The van der Waals surface area contributed by atoms with Gasteiger partial charge in [0.25, 0.3) is 0 Å². The molecule has 0 atom stereocenters. The van der Waals surface area contributed by atoms with Gasteiger partial charge >= 0.3 is 0 Å². The maximum absolute atomic E-state index is 5.99. The van der Waals surface area contributed by atoms with Crippen molar-refractivity contribution in [1.29, 1.82) is 0 Å². The smallest absolute Gasteiger partial charge is 0.184 e. The van der Waals surface area contributed by atoms with Crippen LogP contribution in [0.3, 0.4) is 0 Å². The molecule has 0 radical (unpaired) electrons. The van der Waals surface area contributed by atoms with Crippen molar-refractivity contribution in [2.75, 3.05) is 6.61 Å². The molecule has 0 amide bonds. The van der Waals surface area contributed by atoms with E-state index in [4.69, 9.17) is 27.4 Å². The first kappa shape index (κ1) is 19.2. The van der Waals surface area contributed by atoms with Crippen molar-refractivity contribution in [3.05, 3.63) is 57.6 Å². The van der Waals surface area contributed by atoms with Gasteiger partial charge in [-0.25, -0.2) is 0 Å². The Balaban J connectivity index is 2.21. The first-order valence-corrected chi connectivity index (χ1v) is 8.93. The zero-order chi connectivity index (χ0) is 18.2. The molecule has 0 aliphatic carbocycles. The third-order valence-electron chi connectivity index (χ3n) is 3.19. The van der Waals surface area contributed by atoms with Gasteiger partial charge in [-0.2, -0.15) is 5.10 Å². The number of halogens is 1. The quantitative estimate of drug-likeness (QED) is 0.403. The number of nitrogens with one attached hydrogen (secondary N) is 1. The van der Waals surface area contributed by atoms with E-state index in [-0.39, 0.29) is 5.11 Å². The van der Waals surface area contributed by atoms with Crippen LogP contribution in [0.15, 0.2) is 46.0 Å². The lowest BCUT2D eigenvalue weighted by atomic mass is 10.1. The molecule has 0 aliphatic heterocycles. The molecule has 0 aliphatic rings. The van der Waals surface area contributed by atoms with Gasteiger partial charge in [-0.05, 0) is 65.3 Å². The molecular formula is C18H20BrN3O2S. The number of ether oxygens (including phenoxy) is 2. The zero-order valence-corrected chi connectivity index (χ0v) is 16.5. The van der Waals surface area contributed by atoms with Crippen molar-refractivity contribution < 1.29 is 9.47 Å². The molecule has 3 N–H and O–H groups in total. The SMILES string of the molecule is CCOc1cc(/C=N/NC(N)=S)cc(Br)c1OCc1cccc(C)c1. The van der Waals surface area contributed by atoms with Crippen LogP contribution in [0.25, 0.3) is 0 Å². The van der Waals surface area contributed by atoms with Gasteiger partial charge in [0.2, 0.25) is 0 Å². The molecular weight excluding hydrogens is 402 g/mol. The molecule has 7 heteroatoms. The molecule has 2 aromatic carbocycles. The molecule has 5 nitrogen and oxygen atoms in total. The second-order valence-corrected chi connectivity index (χ2v) is 6.57. The van der Waals surface area contributed by atoms with Crippen molar-refractivity contribution in [2.24, 2.45) is 10.8 Å². The van der Waals surface area contributed by atoms with Crippen molar-refractivity contribution in [3.8, 4) is 11.5 Å². The van der Waals surface area contributed by atoms with E-state index in [2.05, 4.69) is 45.5 Å². The van der Waals surface area contributed by atoms with E-state index in [9.17, 15) is 0 Å². The van der Waals surface area contributed by atoms with E-state index in [1.165, 1.54) is 5.56 Å². The Hall–Kier alpha value is -2.12. The highest BCUT2D eigenvalue weighted by Crippen LogP contribution is 2.37. The van der Waals surface area contributed by atoms with Gasteiger partial charge < -0.3 is 15.2 Å². The molecule has 0 spiro atoms. The van der Waals surface area contributed by atoms with Gasteiger partial charge in [0.05, 0.1) is 17.3 Å². The fourth-order valence-electron chi connectivity index (χ4n) is 2.19. The van der Waals surface area contributed by atoms with Crippen molar-refractivity contribution in [1.82, 2.24) is 5.43 Å². The summed E-state index contributed by atoms with van der Waals surface area (Å²) in [6, 6.07) is 11.9. The number of nitrogens with zero attached hydrogens (tertiary/aromatic N) is 1. The van der Waals surface area contributed by atoms with E-state index in [0.717, 1.165) is 15.6 Å². The highest BCUT2D eigenvalue weighted by Gasteiger charge is 2.12. The van der Waals surface area contributed by atoms with Crippen molar-refractivity contribution in [3.63, 3.8) is 0 Å². The molecule has 0 bridgehead atoms. The lowest BCUT2D eigenvalue weighted by Crippen LogP contribution is -2.23. The molecule has 2 rings (SSSR count).